The van der Waals surface area contributed by atoms with E-state index in [2.05, 4.69) is 25.2 Å². The Labute approximate surface area is 247 Å². The average Bonchev–Trinajstić information content (AvgIpc) is 3.73. The maximum absolute atomic E-state index is 16.0. The molecular weight excluding hydrogens is 563 g/mol. The van der Waals surface area contributed by atoms with Crippen LogP contribution in [0.1, 0.15) is 41.2 Å². The molecule has 13 heteroatoms. The number of anilines is 1. The van der Waals surface area contributed by atoms with E-state index < -0.39 is 5.82 Å². The molecule has 6 rings (SSSR count). The van der Waals surface area contributed by atoms with Gasteiger partial charge < -0.3 is 24.4 Å². The first kappa shape index (κ1) is 28.0. The van der Waals surface area contributed by atoms with Crippen molar-refractivity contribution >= 4 is 40.1 Å². The Morgan fingerprint density at radius 1 is 1.14 bits per heavy atom. The largest absolute Gasteiger partial charge is 0.493 e. The van der Waals surface area contributed by atoms with Gasteiger partial charge in [0.25, 0.3) is 5.91 Å². The van der Waals surface area contributed by atoms with E-state index in [1.807, 2.05) is 12.1 Å². The second-order valence-electron chi connectivity index (χ2n) is 10.6. The number of aryl methyl sites for hydroxylation is 1. The highest BCUT2D eigenvalue weighted by Gasteiger charge is 2.30. The molecule has 2 aliphatic rings. The molecular formula is C29H32ClFN8O3. The molecule has 2 saturated heterocycles. The molecule has 2 amide bonds. The van der Waals surface area contributed by atoms with Crippen molar-refractivity contribution in [2.24, 2.45) is 0 Å². The van der Waals surface area contributed by atoms with Crippen LogP contribution in [0, 0.1) is 5.82 Å². The summed E-state index contributed by atoms with van der Waals surface area (Å²) >= 11 is 6.65. The van der Waals surface area contributed by atoms with Crippen molar-refractivity contribution in [3.8, 4) is 5.75 Å². The van der Waals surface area contributed by atoms with Gasteiger partial charge in [-0.3, -0.25) is 14.3 Å². The number of methoxy groups -OCH3 is 1. The number of piperazine rings is 1. The lowest BCUT2D eigenvalue weighted by Crippen LogP contribution is -2.49. The molecule has 11 nitrogen and oxygen atoms in total. The molecule has 2 aliphatic heterocycles. The fraction of sp³-hybridized carbons (Fsp3) is 0.414. The highest BCUT2D eigenvalue weighted by atomic mass is 35.5. The minimum atomic E-state index is -0.428. The lowest BCUT2D eigenvalue weighted by atomic mass is 9.89. The van der Waals surface area contributed by atoms with Crippen LogP contribution in [0.3, 0.4) is 0 Å². The van der Waals surface area contributed by atoms with E-state index >= 15 is 4.39 Å². The van der Waals surface area contributed by atoms with Crippen LogP contribution in [0.15, 0.2) is 42.9 Å². The van der Waals surface area contributed by atoms with Crippen molar-refractivity contribution in [1.29, 1.82) is 0 Å². The zero-order valence-electron chi connectivity index (χ0n) is 23.3. The lowest BCUT2D eigenvalue weighted by molar-refractivity contribution is -0.132. The molecule has 42 heavy (non-hydrogen) atoms. The molecule has 5 heterocycles. The number of hydrogen-bond acceptors (Lipinski definition) is 7. The van der Waals surface area contributed by atoms with Gasteiger partial charge in [-0.05, 0) is 42.7 Å². The standard InChI is InChI=1S/C29H32ClFN8O3/c1-42-24-5-2-7-32-28(24)36-12-14-37(15-13-36)29(41)23-17-21-22(30)16-20(26(31)27(21)34-23)19-4-3-9-38(18-19)25(40)6-10-39-11-8-33-35-39/h2,5,7-8,11,16-17,19,34H,3-4,6,9-10,12-15,18H2,1H3/t19-/m0/s1. The number of carbonyl (C=O) groups is 2. The summed E-state index contributed by atoms with van der Waals surface area (Å²) in [7, 11) is 1.61. The van der Waals surface area contributed by atoms with Gasteiger partial charge in [0.1, 0.15) is 5.69 Å². The number of H-pyrrole nitrogens is 1. The third-order valence-electron chi connectivity index (χ3n) is 8.14. The van der Waals surface area contributed by atoms with Crippen LogP contribution in [0.25, 0.3) is 10.9 Å². The maximum atomic E-state index is 16.0. The number of piperidine rings is 1. The van der Waals surface area contributed by atoms with E-state index in [9.17, 15) is 9.59 Å². The van der Waals surface area contributed by atoms with E-state index in [4.69, 9.17) is 16.3 Å². The molecule has 1 N–H and O–H groups in total. The number of likely N-dealkylation sites (tertiary alicyclic amines) is 1. The predicted molar refractivity (Wildman–Crippen MR) is 155 cm³/mol. The molecule has 1 atom stereocenters. The number of fused-ring (bicyclic) bond motifs is 1. The number of aromatic nitrogens is 5. The number of rotatable bonds is 7. The summed E-state index contributed by atoms with van der Waals surface area (Å²) in [6.07, 6.45) is 6.81. The number of carbonyl (C=O) groups excluding carboxylic acids is 2. The zero-order chi connectivity index (χ0) is 29.2. The number of pyridine rings is 1. The summed E-state index contributed by atoms with van der Waals surface area (Å²) in [5.74, 6) is 0.593. The molecule has 0 aliphatic carbocycles. The summed E-state index contributed by atoms with van der Waals surface area (Å²) in [5, 5.41) is 8.51. The highest BCUT2D eigenvalue weighted by molar-refractivity contribution is 6.35. The quantitative estimate of drug-likeness (QED) is 0.347. The Hall–Kier alpha value is -4.19. The topological polar surface area (TPSA) is 112 Å². The molecule has 4 aromatic rings. The van der Waals surface area contributed by atoms with E-state index in [-0.39, 0.29) is 23.2 Å². The van der Waals surface area contributed by atoms with Gasteiger partial charge in [-0.15, -0.1) is 5.10 Å². The third-order valence-corrected chi connectivity index (χ3v) is 8.45. The maximum Gasteiger partial charge on any atom is 0.270 e. The van der Waals surface area contributed by atoms with Crippen molar-refractivity contribution < 1.29 is 18.7 Å². The van der Waals surface area contributed by atoms with Gasteiger partial charge in [-0.1, -0.05) is 16.8 Å². The van der Waals surface area contributed by atoms with Gasteiger partial charge in [0.2, 0.25) is 5.91 Å². The van der Waals surface area contributed by atoms with E-state index in [1.54, 1.807) is 52.3 Å². The number of ether oxygens (including phenoxy) is 1. The van der Waals surface area contributed by atoms with Gasteiger partial charge >= 0.3 is 0 Å². The summed E-state index contributed by atoms with van der Waals surface area (Å²) in [6, 6.07) is 6.95. The summed E-state index contributed by atoms with van der Waals surface area (Å²) in [4.78, 5) is 39.4. The van der Waals surface area contributed by atoms with Gasteiger partial charge in [0, 0.05) is 69.4 Å². The van der Waals surface area contributed by atoms with Crippen LogP contribution < -0.4 is 9.64 Å². The minimum absolute atomic E-state index is 0.00266. The summed E-state index contributed by atoms with van der Waals surface area (Å²) < 4.78 is 23.0. The van der Waals surface area contributed by atoms with Crippen LogP contribution in [0.4, 0.5) is 10.2 Å². The van der Waals surface area contributed by atoms with Crippen LogP contribution in [-0.4, -0.2) is 93.0 Å². The number of aromatic amines is 1. The van der Waals surface area contributed by atoms with Crippen molar-refractivity contribution in [2.45, 2.75) is 31.7 Å². The average molecular weight is 595 g/mol. The smallest absolute Gasteiger partial charge is 0.270 e. The second kappa shape index (κ2) is 12.0. The molecule has 0 radical (unpaired) electrons. The van der Waals surface area contributed by atoms with Crippen LogP contribution >= 0.6 is 11.6 Å². The Morgan fingerprint density at radius 3 is 2.74 bits per heavy atom. The minimum Gasteiger partial charge on any atom is -0.493 e. The highest BCUT2D eigenvalue weighted by Crippen LogP contribution is 2.36. The van der Waals surface area contributed by atoms with E-state index in [1.165, 1.54) is 0 Å². The first-order valence-corrected chi connectivity index (χ1v) is 14.5. The van der Waals surface area contributed by atoms with Gasteiger partial charge in [0.05, 0.1) is 30.4 Å². The fourth-order valence-electron chi connectivity index (χ4n) is 5.90. The fourth-order valence-corrected chi connectivity index (χ4v) is 6.17. The molecule has 0 spiro atoms. The Balaban J connectivity index is 1.15. The molecule has 1 aromatic carbocycles. The zero-order valence-corrected chi connectivity index (χ0v) is 24.1. The summed E-state index contributed by atoms with van der Waals surface area (Å²) in [5.41, 5.74) is 0.966. The number of halogens is 2. The van der Waals surface area contributed by atoms with Crippen molar-refractivity contribution in [3.05, 3.63) is 65.0 Å². The molecule has 0 saturated carbocycles. The third kappa shape index (κ3) is 5.50. The second-order valence-corrected chi connectivity index (χ2v) is 11.0. The molecule has 0 unspecified atom stereocenters. The van der Waals surface area contributed by atoms with E-state index in [0.29, 0.717) is 79.6 Å². The van der Waals surface area contributed by atoms with Crippen LogP contribution in [0.2, 0.25) is 5.02 Å². The van der Waals surface area contributed by atoms with Gasteiger partial charge in [0.15, 0.2) is 17.4 Å². The Bertz CT molecular complexity index is 1590. The van der Waals surface area contributed by atoms with E-state index in [0.717, 1.165) is 18.7 Å². The molecule has 220 valence electrons. The van der Waals surface area contributed by atoms with Crippen molar-refractivity contribution in [1.82, 2.24) is 34.8 Å². The summed E-state index contributed by atoms with van der Waals surface area (Å²) in [6.45, 7) is 3.63. The predicted octanol–water partition coefficient (Wildman–Crippen LogP) is 3.71. The van der Waals surface area contributed by atoms with Crippen molar-refractivity contribution in [2.75, 3.05) is 51.3 Å². The number of benzene rings is 1. The van der Waals surface area contributed by atoms with Crippen LogP contribution in [-0.2, 0) is 11.3 Å². The first-order valence-electron chi connectivity index (χ1n) is 14.1. The number of nitrogens with one attached hydrogen (secondary N) is 1. The molecule has 3 aromatic heterocycles. The number of hydrogen-bond donors (Lipinski definition) is 1. The van der Waals surface area contributed by atoms with Gasteiger partial charge in [-0.2, -0.15) is 0 Å². The van der Waals surface area contributed by atoms with Gasteiger partial charge in [-0.25, -0.2) is 9.37 Å². The number of nitrogens with zero attached hydrogens (tertiary/aromatic N) is 7. The lowest BCUT2D eigenvalue weighted by Gasteiger charge is -2.35. The Kier molecular flexibility index (Phi) is 7.96. The molecule has 0 bridgehead atoms. The molecule has 2 fully saturated rings. The normalized spacial score (nSPS) is 17.6. The number of amides is 2. The monoisotopic (exact) mass is 594 g/mol. The first-order chi connectivity index (χ1) is 20.4. The Morgan fingerprint density at radius 2 is 1.98 bits per heavy atom. The van der Waals surface area contributed by atoms with Crippen LogP contribution in [0.5, 0.6) is 5.75 Å². The van der Waals surface area contributed by atoms with Crippen molar-refractivity contribution in [3.63, 3.8) is 0 Å². The SMILES string of the molecule is COc1cccnc1N1CCN(C(=O)c2cc3c(Cl)cc([C@H]4CCCN(C(=O)CCn5ccnn5)C4)c(F)c3[nH]2)CC1.